The molecule has 0 spiro atoms. The highest BCUT2D eigenvalue weighted by molar-refractivity contribution is 7.15. The first-order valence-electron chi connectivity index (χ1n) is 7.59. The van der Waals surface area contributed by atoms with Gasteiger partial charge in [0, 0.05) is 23.3 Å². The molecule has 0 fully saturated rings. The van der Waals surface area contributed by atoms with Crippen LogP contribution in [0.15, 0.2) is 18.5 Å². The molecule has 0 bridgehead atoms. The van der Waals surface area contributed by atoms with E-state index in [1.54, 1.807) is 23.7 Å². The molecule has 0 aliphatic heterocycles. The highest BCUT2D eigenvalue weighted by Gasteiger charge is 2.35. The summed E-state index contributed by atoms with van der Waals surface area (Å²) < 4.78 is 0. The zero-order valence-electron chi connectivity index (χ0n) is 12.9. The summed E-state index contributed by atoms with van der Waals surface area (Å²) in [6.45, 7) is 7.91. The minimum absolute atomic E-state index is 0.293. The zero-order valence-corrected chi connectivity index (χ0v) is 13.7. The van der Waals surface area contributed by atoms with Gasteiger partial charge in [-0.15, -0.1) is 11.3 Å². The van der Waals surface area contributed by atoms with Crippen LogP contribution in [0.2, 0.25) is 0 Å². The van der Waals surface area contributed by atoms with Crippen molar-refractivity contribution in [2.75, 3.05) is 6.54 Å². The van der Waals surface area contributed by atoms with Gasteiger partial charge in [0.15, 0.2) is 10.8 Å². The maximum absolute atomic E-state index is 4.83. The van der Waals surface area contributed by atoms with E-state index in [0.717, 1.165) is 36.6 Å². The first kappa shape index (κ1) is 14.6. The second kappa shape index (κ2) is 5.81. The van der Waals surface area contributed by atoms with Crippen LogP contribution in [0.4, 0.5) is 0 Å². The van der Waals surface area contributed by atoms with Gasteiger partial charge in [0.1, 0.15) is 0 Å². The van der Waals surface area contributed by atoms with Crippen LogP contribution in [0.25, 0.3) is 10.8 Å². The Kier molecular flexibility index (Phi) is 4.04. The molecule has 0 amide bonds. The number of nitrogens with zero attached hydrogens (tertiary/aromatic N) is 3. The van der Waals surface area contributed by atoms with E-state index in [9.17, 15) is 0 Å². The summed E-state index contributed by atoms with van der Waals surface area (Å²) in [7, 11) is 0. The first-order chi connectivity index (χ1) is 10.1. The lowest BCUT2D eigenvalue weighted by atomic mass is 9.76. The Bertz CT molecular complexity index is 606. The molecule has 0 saturated carbocycles. The normalized spacial score (nSPS) is 20.2. The maximum atomic E-state index is 4.83. The van der Waals surface area contributed by atoms with Crippen LogP contribution in [0.5, 0.6) is 0 Å². The predicted octanol–water partition coefficient (Wildman–Crippen LogP) is 3.61. The SMILES string of the molecule is CCCNC1CC(C)(C)Cc2nc(-c3ncccn3)sc21. The molecule has 1 N–H and O–H groups in total. The van der Waals surface area contributed by atoms with Gasteiger partial charge in [-0.05, 0) is 37.3 Å². The molecule has 4 nitrogen and oxygen atoms in total. The summed E-state index contributed by atoms with van der Waals surface area (Å²) in [6.07, 6.45) is 6.91. The van der Waals surface area contributed by atoms with E-state index in [0.29, 0.717) is 11.5 Å². The van der Waals surface area contributed by atoms with Gasteiger partial charge in [-0.25, -0.2) is 15.0 Å². The third-order valence-corrected chi connectivity index (χ3v) is 5.05. The topological polar surface area (TPSA) is 50.7 Å². The van der Waals surface area contributed by atoms with E-state index in [4.69, 9.17) is 4.98 Å². The Morgan fingerprint density at radius 1 is 1.33 bits per heavy atom. The summed E-state index contributed by atoms with van der Waals surface area (Å²) in [4.78, 5) is 14.9. The van der Waals surface area contributed by atoms with Gasteiger partial charge in [-0.2, -0.15) is 0 Å². The maximum Gasteiger partial charge on any atom is 0.188 e. The van der Waals surface area contributed by atoms with Crippen LogP contribution in [0.1, 0.15) is 50.2 Å². The number of aromatic nitrogens is 3. The van der Waals surface area contributed by atoms with E-state index in [1.807, 2.05) is 6.07 Å². The fourth-order valence-corrected chi connectivity index (χ4v) is 4.03. The Morgan fingerprint density at radius 3 is 2.81 bits per heavy atom. The molecule has 2 heterocycles. The van der Waals surface area contributed by atoms with Crippen molar-refractivity contribution < 1.29 is 0 Å². The Labute approximate surface area is 130 Å². The summed E-state index contributed by atoms with van der Waals surface area (Å²) in [6, 6.07) is 2.25. The van der Waals surface area contributed by atoms with Crippen molar-refractivity contribution >= 4 is 11.3 Å². The Hall–Kier alpha value is -1.33. The summed E-state index contributed by atoms with van der Waals surface area (Å²) in [5, 5.41) is 4.62. The van der Waals surface area contributed by atoms with Crippen LogP contribution < -0.4 is 5.32 Å². The molecule has 0 saturated heterocycles. The molecular formula is C16H22N4S. The van der Waals surface area contributed by atoms with Crippen LogP contribution in [0, 0.1) is 5.41 Å². The van der Waals surface area contributed by atoms with Gasteiger partial charge >= 0.3 is 0 Å². The van der Waals surface area contributed by atoms with Crippen molar-refractivity contribution in [2.45, 2.75) is 46.1 Å². The first-order valence-corrected chi connectivity index (χ1v) is 8.41. The van der Waals surface area contributed by atoms with Gasteiger partial charge in [0.25, 0.3) is 0 Å². The van der Waals surface area contributed by atoms with E-state index in [-0.39, 0.29) is 0 Å². The second-order valence-electron chi connectivity index (χ2n) is 6.45. The van der Waals surface area contributed by atoms with Crippen LogP contribution in [-0.4, -0.2) is 21.5 Å². The molecule has 2 aromatic heterocycles. The third-order valence-electron chi connectivity index (χ3n) is 3.84. The van der Waals surface area contributed by atoms with E-state index >= 15 is 0 Å². The minimum atomic E-state index is 0.293. The van der Waals surface area contributed by atoms with Crippen molar-refractivity contribution in [1.29, 1.82) is 0 Å². The monoisotopic (exact) mass is 302 g/mol. The molecular weight excluding hydrogens is 280 g/mol. The number of thiazole rings is 1. The summed E-state index contributed by atoms with van der Waals surface area (Å²) >= 11 is 1.75. The third kappa shape index (κ3) is 3.14. The standard InChI is InChI=1S/C16H22N4S/c1-4-6-17-11-9-16(2,3)10-12-13(11)21-15(20-12)14-18-7-5-8-19-14/h5,7-8,11,17H,4,6,9-10H2,1-3H3. The lowest BCUT2D eigenvalue weighted by molar-refractivity contribution is 0.258. The van der Waals surface area contributed by atoms with E-state index < -0.39 is 0 Å². The molecule has 5 heteroatoms. The Balaban J connectivity index is 1.95. The number of nitrogens with one attached hydrogen (secondary N) is 1. The molecule has 3 rings (SSSR count). The molecule has 0 aromatic carbocycles. The largest absolute Gasteiger partial charge is 0.309 e. The van der Waals surface area contributed by atoms with Gasteiger partial charge in [-0.3, -0.25) is 0 Å². The molecule has 112 valence electrons. The van der Waals surface area contributed by atoms with Crippen molar-refractivity contribution in [3.63, 3.8) is 0 Å². The lowest BCUT2D eigenvalue weighted by Gasteiger charge is -2.34. The fourth-order valence-electron chi connectivity index (χ4n) is 2.92. The van der Waals surface area contributed by atoms with Gasteiger partial charge < -0.3 is 5.32 Å². The average Bonchev–Trinajstić information content (AvgIpc) is 2.88. The highest BCUT2D eigenvalue weighted by Crippen LogP contribution is 2.44. The zero-order chi connectivity index (χ0) is 14.9. The lowest BCUT2D eigenvalue weighted by Crippen LogP contribution is -2.33. The van der Waals surface area contributed by atoms with Crippen molar-refractivity contribution in [1.82, 2.24) is 20.3 Å². The smallest absolute Gasteiger partial charge is 0.188 e. The number of hydrogen-bond donors (Lipinski definition) is 1. The number of hydrogen-bond acceptors (Lipinski definition) is 5. The molecule has 1 atom stereocenters. The number of fused-ring (bicyclic) bond motifs is 1. The second-order valence-corrected chi connectivity index (χ2v) is 7.48. The van der Waals surface area contributed by atoms with Gasteiger partial charge in [0.05, 0.1) is 5.69 Å². The molecule has 1 aliphatic carbocycles. The summed E-state index contributed by atoms with van der Waals surface area (Å²) in [5.41, 5.74) is 1.52. The predicted molar refractivity (Wildman–Crippen MR) is 86.3 cm³/mol. The quantitative estimate of drug-likeness (QED) is 0.937. The Morgan fingerprint density at radius 2 is 2.10 bits per heavy atom. The highest BCUT2D eigenvalue weighted by atomic mass is 32.1. The van der Waals surface area contributed by atoms with Crippen molar-refractivity contribution in [2.24, 2.45) is 5.41 Å². The van der Waals surface area contributed by atoms with Crippen LogP contribution >= 0.6 is 11.3 Å². The molecule has 0 radical (unpaired) electrons. The van der Waals surface area contributed by atoms with E-state index in [1.165, 1.54) is 10.6 Å². The van der Waals surface area contributed by atoms with Crippen molar-refractivity contribution in [3.8, 4) is 10.8 Å². The molecule has 1 aliphatic rings. The van der Waals surface area contributed by atoms with Crippen LogP contribution in [-0.2, 0) is 6.42 Å². The fraction of sp³-hybridized carbons (Fsp3) is 0.562. The van der Waals surface area contributed by atoms with Gasteiger partial charge in [0.2, 0.25) is 0 Å². The van der Waals surface area contributed by atoms with Crippen LogP contribution in [0.3, 0.4) is 0 Å². The number of rotatable bonds is 4. The molecule has 2 aromatic rings. The van der Waals surface area contributed by atoms with Crippen molar-refractivity contribution in [3.05, 3.63) is 29.0 Å². The minimum Gasteiger partial charge on any atom is -0.309 e. The van der Waals surface area contributed by atoms with E-state index in [2.05, 4.69) is 36.1 Å². The average molecular weight is 302 g/mol. The molecule has 21 heavy (non-hydrogen) atoms. The summed E-state index contributed by atoms with van der Waals surface area (Å²) in [5.74, 6) is 0.740. The van der Waals surface area contributed by atoms with Gasteiger partial charge in [-0.1, -0.05) is 20.8 Å². The molecule has 1 unspecified atom stereocenters.